The minimum atomic E-state index is -2.22. The molecule has 0 unspecified atom stereocenters. The van der Waals surface area contributed by atoms with Crippen molar-refractivity contribution in [2.75, 3.05) is 6.54 Å². The monoisotopic (exact) mass is 219 g/mol. The molecule has 0 heterocycles. The van der Waals surface area contributed by atoms with Crippen molar-refractivity contribution in [3.05, 3.63) is 0 Å². The Morgan fingerprint density at radius 1 is 1.27 bits per heavy atom. The zero-order chi connectivity index (χ0) is 11.3. The summed E-state index contributed by atoms with van der Waals surface area (Å²) < 4.78 is 26.0. The van der Waals surface area contributed by atoms with Crippen molar-refractivity contribution in [3.63, 3.8) is 0 Å². The van der Waals surface area contributed by atoms with Gasteiger partial charge in [-0.25, -0.2) is 8.78 Å². The fourth-order valence-corrected chi connectivity index (χ4v) is 2.71. The number of nitrogens with one attached hydrogen (secondary N) is 1. The van der Waals surface area contributed by atoms with Crippen molar-refractivity contribution in [2.45, 2.75) is 64.3 Å². The molecule has 0 spiro atoms. The molecule has 1 N–H and O–H groups in total. The predicted molar refractivity (Wildman–Crippen MR) is 59.3 cm³/mol. The molecule has 3 heteroatoms. The van der Waals surface area contributed by atoms with Gasteiger partial charge < -0.3 is 5.32 Å². The van der Waals surface area contributed by atoms with Crippen LogP contribution in [0.5, 0.6) is 0 Å². The Balaban J connectivity index is 2.49. The van der Waals surface area contributed by atoms with E-state index in [4.69, 9.17) is 0 Å². The first kappa shape index (κ1) is 12.9. The SMILES string of the molecule is CCCC1CCC(NCC)(C(F)F)CC1. The number of rotatable bonds is 5. The van der Waals surface area contributed by atoms with Crippen LogP contribution in [0.25, 0.3) is 0 Å². The molecule has 0 atom stereocenters. The van der Waals surface area contributed by atoms with Gasteiger partial charge in [-0.3, -0.25) is 0 Å². The third-order valence-corrected chi connectivity index (χ3v) is 3.64. The third kappa shape index (κ3) is 3.13. The van der Waals surface area contributed by atoms with Crippen LogP contribution in [0, 0.1) is 5.92 Å². The normalized spacial score (nSPS) is 32.2. The van der Waals surface area contributed by atoms with Gasteiger partial charge in [-0.15, -0.1) is 0 Å². The minimum absolute atomic E-state index is 0.642. The van der Waals surface area contributed by atoms with E-state index in [9.17, 15) is 8.78 Å². The first-order valence-electron chi connectivity index (χ1n) is 6.17. The van der Waals surface area contributed by atoms with Gasteiger partial charge in [-0.2, -0.15) is 0 Å². The predicted octanol–water partition coefficient (Wildman–Crippen LogP) is 3.59. The summed E-state index contributed by atoms with van der Waals surface area (Å²) in [6.07, 6.45) is 3.36. The smallest absolute Gasteiger partial charge is 0.256 e. The van der Waals surface area contributed by atoms with Gasteiger partial charge in [-0.05, 0) is 38.1 Å². The second kappa shape index (κ2) is 5.78. The maximum absolute atomic E-state index is 13.0. The number of halogens is 2. The van der Waals surface area contributed by atoms with E-state index < -0.39 is 12.0 Å². The van der Waals surface area contributed by atoms with Crippen LogP contribution < -0.4 is 5.32 Å². The van der Waals surface area contributed by atoms with Crippen molar-refractivity contribution in [2.24, 2.45) is 5.92 Å². The highest BCUT2D eigenvalue weighted by Gasteiger charge is 2.41. The van der Waals surface area contributed by atoms with Crippen LogP contribution in [0.2, 0.25) is 0 Å². The molecular weight excluding hydrogens is 196 g/mol. The van der Waals surface area contributed by atoms with Gasteiger partial charge in [0.1, 0.15) is 0 Å². The van der Waals surface area contributed by atoms with Crippen molar-refractivity contribution < 1.29 is 8.78 Å². The highest BCUT2D eigenvalue weighted by atomic mass is 19.3. The highest BCUT2D eigenvalue weighted by molar-refractivity contribution is 4.94. The molecule has 0 aromatic heterocycles. The first-order chi connectivity index (χ1) is 7.14. The molecule has 0 bridgehead atoms. The van der Waals surface area contributed by atoms with Crippen LogP contribution in [0.1, 0.15) is 52.4 Å². The summed E-state index contributed by atoms with van der Waals surface area (Å²) in [6, 6.07) is 0. The fraction of sp³-hybridized carbons (Fsp3) is 1.00. The molecule has 90 valence electrons. The zero-order valence-corrected chi connectivity index (χ0v) is 9.86. The third-order valence-electron chi connectivity index (χ3n) is 3.64. The highest BCUT2D eigenvalue weighted by Crippen LogP contribution is 2.37. The number of hydrogen-bond acceptors (Lipinski definition) is 1. The number of alkyl halides is 2. The van der Waals surface area contributed by atoms with Gasteiger partial charge in [0.2, 0.25) is 0 Å². The molecular formula is C12H23F2N. The average molecular weight is 219 g/mol. The van der Waals surface area contributed by atoms with Crippen molar-refractivity contribution >= 4 is 0 Å². The van der Waals surface area contributed by atoms with Gasteiger partial charge in [0.05, 0.1) is 5.54 Å². The number of hydrogen-bond donors (Lipinski definition) is 1. The van der Waals surface area contributed by atoms with Crippen LogP contribution in [-0.4, -0.2) is 18.5 Å². The average Bonchev–Trinajstić information content (AvgIpc) is 2.21. The molecule has 0 aromatic rings. The molecule has 1 saturated carbocycles. The van der Waals surface area contributed by atoms with E-state index in [0.29, 0.717) is 25.3 Å². The molecule has 0 amide bonds. The molecule has 1 aliphatic carbocycles. The summed E-state index contributed by atoms with van der Waals surface area (Å²) in [5.74, 6) is 0.681. The Hall–Kier alpha value is -0.180. The van der Waals surface area contributed by atoms with Gasteiger partial charge >= 0.3 is 0 Å². The minimum Gasteiger partial charge on any atom is -0.307 e. The standard InChI is InChI=1S/C12H23F2N/c1-3-5-10-6-8-12(9-7-10,11(13)14)15-4-2/h10-11,15H,3-9H2,1-2H3. The Labute approximate surface area is 91.6 Å². The molecule has 1 fully saturated rings. The van der Waals surface area contributed by atoms with E-state index in [1.54, 1.807) is 0 Å². The van der Waals surface area contributed by atoms with Gasteiger partial charge in [-0.1, -0.05) is 26.7 Å². The van der Waals surface area contributed by atoms with Crippen molar-refractivity contribution in [1.82, 2.24) is 5.32 Å². The van der Waals surface area contributed by atoms with Crippen molar-refractivity contribution in [1.29, 1.82) is 0 Å². The summed E-state index contributed by atoms with van der Waals surface area (Å²) in [5.41, 5.74) is -0.876. The topological polar surface area (TPSA) is 12.0 Å². The lowest BCUT2D eigenvalue weighted by atomic mass is 9.75. The second-order valence-electron chi connectivity index (χ2n) is 4.72. The molecule has 0 aromatic carbocycles. The molecule has 0 radical (unpaired) electrons. The Kier molecular flexibility index (Phi) is 4.97. The Bertz CT molecular complexity index is 174. The lowest BCUT2D eigenvalue weighted by molar-refractivity contribution is -0.00200. The molecule has 1 rings (SSSR count). The van der Waals surface area contributed by atoms with Crippen LogP contribution in [0.4, 0.5) is 8.78 Å². The van der Waals surface area contributed by atoms with E-state index >= 15 is 0 Å². The van der Waals surface area contributed by atoms with Crippen LogP contribution in [-0.2, 0) is 0 Å². The van der Waals surface area contributed by atoms with Crippen LogP contribution in [0.3, 0.4) is 0 Å². The van der Waals surface area contributed by atoms with Crippen LogP contribution in [0.15, 0.2) is 0 Å². The quantitative estimate of drug-likeness (QED) is 0.745. The van der Waals surface area contributed by atoms with E-state index in [0.717, 1.165) is 12.8 Å². The molecule has 0 saturated heterocycles. The summed E-state index contributed by atoms with van der Waals surface area (Å²) in [7, 11) is 0. The molecule has 0 aliphatic heterocycles. The molecule has 1 aliphatic rings. The van der Waals surface area contributed by atoms with Crippen LogP contribution >= 0.6 is 0 Å². The van der Waals surface area contributed by atoms with Crippen molar-refractivity contribution in [3.8, 4) is 0 Å². The molecule has 1 nitrogen and oxygen atoms in total. The van der Waals surface area contributed by atoms with Gasteiger partial charge in [0.15, 0.2) is 0 Å². The van der Waals surface area contributed by atoms with E-state index in [1.165, 1.54) is 12.8 Å². The summed E-state index contributed by atoms with van der Waals surface area (Å²) in [6.45, 7) is 4.71. The fourth-order valence-electron chi connectivity index (χ4n) is 2.71. The lowest BCUT2D eigenvalue weighted by Gasteiger charge is -2.40. The largest absolute Gasteiger partial charge is 0.307 e. The van der Waals surface area contributed by atoms with E-state index in [-0.39, 0.29) is 0 Å². The van der Waals surface area contributed by atoms with E-state index in [1.807, 2.05) is 6.92 Å². The summed E-state index contributed by atoms with van der Waals surface area (Å²) >= 11 is 0. The lowest BCUT2D eigenvalue weighted by Crippen LogP contribution is -2.53. The Morgan fingerprint density at radius 3 is 2.27 bits per heavy atom. The summed E-state index contributed by atoms with van der Waals surface area (Å²) in [5, 5.41) is 3.01. The maximum Gasteiger partial charge on any atom is 0.256 e. The van der Waals surface area contributed by atoms with E-state index in [2.05, 4.69) is 12.2 Å². The summed E-state index contributed by atoms with van der Waals surface area (Å²) in [4.78, 5) is 0. The Morgan fingerprint density at radius 2 is 1.87 bits per heavy atom. The first-order valence-corrected chi connectivity index (χ1v) is 6.17. The zero-order valence-electron chi connectivity index (χ0n) is 9.86. The van der Waals surface area contributed by atoms with Gasteiger partial charge in [0.25, 0.3) is 6.43 Å². The molecule has 15 heavy (non-hydrogen) atoms. The second-order valence-corrected chi connectivity index (χ2v) is 4.72. The van der Waals surface area contributed by atoms with Gasteiger partial charge in [0, 0.05) is 0 Å². The maximum atomic E-state index is 13.0.